The standard InChI is InChI=1S/C16H16BrNO2/c1-11-13(7-5-9-15(11)19)16(20)18(2)10-12-6-3-4-8-14(12)17/h3-9,19H,10H2,1-2H3. The molecule has 3 nitrogen and oxygen atoms in total. The fraction of sp³-hybridized carbons (Fsp3) is 0.188. The van der Waals surface area contributed by atoms with E-state index < -0.39 is 0 Å². The van der Waals surface area contributed by atoms with Crippen molar-refractivity contribution in [1.29, 1.82) is 0 Å². The van der Waals surface area contributed by atoms with E-state index >= 15 is 0 Å². The van der Waals surface area contributed by atoms with Crippen LogP contribution in [0.3, 0.4) is 0 Å². The molecule has 0 atom stereocenters. The summed E-state index contributed by atoms with van der Waals surface area (Å²) in [6, 6.07) is 12.8. The first-order chi connectivity index (χ1) is 9.50. The second kappa shape index (κ2) is 6.09. The molecule has 104 valence electrons. The lowest BCUT2D eigenvalue weighted by molar-refractivity contribution is 0.0783. The summed E-state index contributed by atoms with van der Waals surface area (Å²) < 4.78 is 0.979. The van der Waals surface area contributed by atoms with Crippen LogP contribution < -0.4 is 0 Å². The number of amides is 1. The average molecular weight is 334 g/mol. The maximum Gasteiger partial charge on any atom is 0.254 e. The number of carbonyl (C=O) groups is 1. The summed E-state index contributed by atoms with van der Waals surface area (Å²) in [5, 5.41) is 9.69. The largest absolute Gasteiger partial charge is 0.508 e. The zero-order chi connectivity index (χ0) is 14.7. The van der Waals surface area contributed by atoms with Crippen LogP contribution in [0, 0.1) is 6.92 Å². The Kier molecular flexibility index (Phi) is 4.45. The highest BCUT2D eigenvalue weighted by Gasteiger charge is 2.16. The molecule has 0 aliphatic rings. The first kappa shape index (κ1) is 14.6. The summed E-state index contributed by atoms with van der Waals surface area (Å²) in [5.74, 6) is 0.0410. The summed E-state index contributed by atoms with van der Waals surface area (Å²) in [6.07, 6.45) is 0. The van der Waals surface area contributed by atoms with E-state index in [0.29, 0.717) is 17.7 Å². The van der Waals surface area contributed by atoms with Crippen molar-refractivity contribution in [1.82, 2.24) is 4.90 Å². The monoisotopic (exact) mass is 333 g/mol. The number of halogens is 1. The highest BCUT2D eigenvalue weighted by Crippen LogP contribution is 2.22. The van der Waals surface area contributed by atoms with E-state index in [4.69, 9.17) is 0 Å². The van der Waals surface area contributed by atoms with Gasteiger partial charge in [-0.05, 0) is 30.7 Å². The van der Waals surface area contributed by atoms with E-state index in [1.54, 1.807) is 37.1 Å². The number of hydrogen-bond donors (Lipinski definition) is 1. The van der Waals surface area contributed by atoms with Crippen LogP contribution in [0.15, 0.2) is 46.9 Å². The van der Waals surface area contributed by atoms with Crippen LogP contribution in [0.25, 0.3) is 0 Å². The molecule has 0 aliphatic carbocycles. The van der Waals surface area contributed by atoms with Gasteiger partial charge >= 0.3 is 0 Å². The van der Waals surface area contributed by atoms with Crippen molar-refractivity contribution >= 4 is 21.8 Å². The highest BCUT2D eigenvalue weighted by molar-refractivity contribution is 9.10. The molecule has 1 amide bonds. The molecule has 0 heterocycles. The molecule has 0 unspecified atom stereocenters. The second-order valence-electron chi connectivity index (χ2n) is 4.70. The summed E-state index contributed by atoms with van der Waals surface area (Å²) in [7, 11) is 1.76. The molecule has 2 rings (SSSR count). The molecule has 0 saturated heterocycles. The molecule has 2 aromatic carbocycles. The second-order valence-corrected chi connectivity index (χ2v) is 5.56. The molecule has 2 aromatic rings. The maximum atomic E-state index is 12.4. The molecular formula is C16H16BrNO2. The molecule has 0 spiro atoms. The smallest absolute Gasteiger partial charge is 0.254 e. The highest BCUT2D eigenvalue weighted by atomic mass is 79.9. The van der Waals surface area contributed by atoms with E-state index in [1.807, 2.05) is 24.3 Å². The van der Waals surface area contributed by atoms with Gasteiger partial charge in [-0.25, -0.2) is 0 Å². The third kappa shape index (κ3) is 3.02. The van der Waals surface area contributed by atoms with Gasteiger partial charge in [-0.2, -0.15) is 0 Å². The van der Waals surface area contributed by atoms with E-state index in [1.165, 1.54) is 0 Å². The van der Waals surface area contributed by atoms with Gasteiger partial charge in [0.05, 0.1) is 0 Å². The molecular weight excluding hydrogens is 318 g/mol. The van der Waals surface area contributed by atoms with E-state index in [9.17, 15) is 9.90 Å². The molecule has 1 N–H and O–H groups in total. The third-order valence-corrected chi connectivity index (χ3v) is 4.02. The zero-order valence-corrected chi connectivity index (χ0v) is 13.0. The lowest BCUT2D eigenvalue weighted by Gasteiger charge is -2.19. The summed E-state index contributed by atoms with van der Waals surface area (Å²) in [4.78, 5) is 14.1. The minimum absolute atomic E-state index is 0.103. The lowest BCUT2D eigenvalue weighted by atomic mass is 10.1. The SMILES string of the molecule is Cc1c(O)cccc1C(=O)N(C)Cc1ccccc1Br. The van der Waals surface area contributed by atoms with Gasteiger partial charge in [-0.3, -0.25) is 4.79 Å². The number of hydrogen-bond acceptors (Lipinski definition) is 2. The molecule has 0 bridgehead atoms. The molecule has 0 saturated carbocycles. The first-order valence-electron chi connectivity index (χ1n) is 6.28. The Bertz CT molecular complexity index is 640. The Balaban J connectivity index is 2.21. The predicted molar refractivity (Wildman–Crippen MR) is 82.8 cm³/mol. The fourth-order valence-corrected chi connectivity index (χ4v) is 2.42. The number of aromatic hydroxyl groups is 1. The van der Waals surface area contributed by atoms with Crippen molar-refractivity contribution in [2.24, 2.45) is 0 Å². The Morgan fingerprint density at radius 1 is 1.20 bits per heavy atom. The minimum Gasteiger partial charge on any atom is -0.508 e. The Labute approximate surface area is 127 Å². The summed E-state index contributed by atoms with van der Waals surface area (Å²) in [5.41, 5.74) is 2.18. The topological polar surface area (TPSA) is 40.5 Å². The number of rotatable bonds is 3. The third-order valence-electron chi connectivity index (χ3n) is 3.25. The number of nitrogens with zero attached hydrogens (tertiary/aromatic N) is 1. The van der Waals surface area contributed by atoms with E-state index in [2.05, 4.69) is 15.9 Å². The molecule has 0 radical (unpaired) electrons. The average Bonchev–Trinajstić information content (AvgIpc) is 2.43. The van der Waals surface area contributed by atoms with Gasteiger partial charge in [0, 0.05) is 29.2 Å². The number of benzene rings is 2. The van der Waals surface area contributed by atoms with Crippen molar-refractivity contribution in [3.8, 4) is 5.75 Å². The van der Waals surface area contributed by atoms with Crippen LogP contribution in [-0.4, -0.2) is 23.0 Å². The molecule has 0 aromatic heterocycles. The van der Waals surface area contributed by atoms with Gasteiger partial charge < -0.3 is 10.0 Å². The van der Waals surface area contributed by atoms with Gasteiger partial charge in [-0.1, -0.05) is 40.2 Å². The first-order valence-corrected chi connectivity index (χ1v) is 7.07. The van der Waals surface area contributed by atoms with Crippen molar-refractivity contribution < 1.29 is 9.90 Å². The number of phenolic OH excluding ortho intramolecular Hbond substituents is 1. The number of carbonyl (C=O) groups excluding carboxylic acids is 1. The van der Waals surface area contributed by atoms with E-state index in [-0.39, 0.29) is 11.7 Å². The van der Waals surface area contributed by atoms with Crippen LogP contribution in [0.4, 0.5) is 0 Å². The van der Waals surface area contributed by atoms with Crippen LogP contribution in [-0.2, 0) is 6.54 Å². The normalized spacial score (nSPS) is 10.3. The van der Waals surface area contributed by atoms with Crippen LogP contribution >= 0.6 is 15.9 Å². The Hall–Kier alpha value is -1.81. The Morgan fingerprint density at radius 3 is 2.60 bits per heavy atom. The van der Waals surface area contributed by atoms with Crippen molar-refractivity contribution in [3.05, 3.63) is 63.6 Å². The molecule has 20 heavy (non-hydrogen) atoms. The summed E-state index contributed by atoms with van der Waals surface area (Å²) in [6.45, 7) is 2.25. The van der Waals surface area contributed by atoms with Gasteiger partial charge in [0.25, 0.3) is 5.91 Å². The van der Waals surface area contributed by atoms with Crippen LogP contribution in [0.2, 0.25) is 0 Å². The lowest BCUT2D eigenvalue weighted by Crippen LogP contribution is -2.27. The van der Waals surface area contributed by atoms with Crippen LogP contribution in [0.1, 0.15) is 21.5 Å². The quantitative estimate of drug-likeness (QED) is 0.929. The zero-order valence-electron chi connectivity index (χ0n) is 11.4. The summed E-state index contributed by atoms with van der Waals surface area (Å²) >= 11 is 3.48. The van der Waals surface area contributed by atoms with Gasteiger partial charge in [-0.15, -0.1) is 0 Å². The fourth-order valence-electron chi connectivity index (χ4n) is 2.01. The predicted octanol–water partition coefficient (Wildman–Crippen LogP) is 3.74. The maximum absolute atomic E-state index is 12.4. The van der Waals surface area contributed by atoms with Crippen LogP contribution in [0.5, 0.6) is 5.75 Å². The van der Waals surface area contributed by atoms with Gasteiger partial charge in [0.15, 0.2) is 0 Å². The Morgan fingerprint density at radius 2 is 1.90 bits per heavy atom. The molecule has 0 aliphatic heterocycles. The number of phenols is 1. The minimum atomic E-state index is -0.103. The van der Waals surface area contributed by atoms with Crippen molar-refractivity contribution in [2.75, 3.05) is 7.05 Å². The molecule has 4 heteroatoms. The van der Waals surface area contributed by atoms with Crippen molar-refractivity contribution in [2.45, 2.75) is 13.5 Å². The van der Waals surface area contributed by atoms with Crippen molar-refractivity contribution in [3.63, 3.8) is 0 Å². The van der Waals surface area contributed by atoms with E-state index in [0.717, 1.165) is 10.0 Å². The van der Waals surface area contributed by atoms with Gasteiger partial charge in [0.2, 0.25) is 0 Å². The molecule has 0 fully saturated rings. The van der Waals surface area contributed by atoms with Gasteiger partial charge in [0.1, 0.15) is 5.75 Å².